The van der Waals surface area contributed by atoms with Crippen molar-refractivity contribution in [2.45, 2.75) is 57.5 Å². The van der Waals surface area contributed by atoms with Crippen LogP contribution in [0.15, 0.2) is 60.7 Å². The highest BCUT2D eigenvalue weighted by atomic mass is 16.5. The summed E-state index contributed by atoms with van der Waals surface area (Å²) in [7, 11) is 0. The van der Waals surface area contributed by atoms with E-state index >= 15 is 0 Å². The van der Waals surface area contributed by atoms with E-state index in [0.717, 1.165) is 9.80 Å². The van der Waals surface area contributed by atoms with Crippen molar-refractivity contribution < 1.29 is 82.3 Å². The van der Waals surface area contributed by atoms with Crippen LogP contribution >= 0.6 is 0 Å². The van der Waals surface area contributed by atoms with Gasteiger partial charge in [0.25, 0.3) is 23.6 Å². The predicted molar refractivity (Wildman–Crippen MR) is 249 cm³/mol. The molecule has 2 aliphatic rings. The highest BCUT2D eigenvalue weighted by Gasteiger charge is 2.40. The molecule has 4 aromatic carbocycles. The van der Waals surface area contributed by atoms with Gasteiger partial charge in [0.05, 0.1) is 26.1 Å². The number of ether oxygens (including phenoxy) is 2. The fraction of sp³-hybridized carbons (Fsp3) is 0.333. The van der Waals surface area contributed by atoms with Crippen LogP contribution in [-0.2, 0) is 38.4 Å². The first kappa shape index (κ1) is 52.4. The van der Waals surface area contributed by atoms with Gasteiger partial charge in [-0.25, -0.2) is 0 Å². The molecule has 4 aromatic rings. The Morgan fingerprint density at radius 3 is 1.46 bits per heavy atom. The highest BCUT2D eigenvalue weighted by molar-refractivity contribution is 6.33. The molecule has 0 spiro atoms. The lowest BCUT2D eigenvalue weighted by Gasteiger charge is -2.32. The first-order valence-electron chi connectivity index (χ1n) is 22.5. The van der Waals surface area contributed by atoms with E-state index in [4.69, 9.17) is 19.7 Å². The molecular formula is C48H49N7O17. The van der Waals surface area contributed by atoms with Crippen molar-refractivity contribution in [1.82, 2.24) is 36.4 Å². The number of aliphatic carboxylic acids is 3. The molecule has 378 valence electrons. The van der Waals surface area contributed by atoms with Crippen LogP contribution in [0.25, 0.3) is 21.5 Å². The first-order chi connectivity index (χ1) is 34.4. The molecule has 0 saturated carbocycles. The lowest BCUT2D eigenvalue weighted by atomic mass is 9.86. The number of rotatable bonds is 26. The first-order valence-corrected chi connectivity index (χ1v) is 22.5. The maximum absolute atomic E-state index is 13.7. The summed E-state index contributed by atoms with van der Waals surface area (Å²) in [6, 6.07) is 13.1. The molecule has 72 heavy (non-hydrogen) atoms. The van der Waals surface area contributed by atoms with Gasteiger partial charge in [-0.1, -0.05) is 24.3 Å². The number of carboxylic acid groups (broad SMARTS) is 3. The predicted octanol–water partition coefficient (Wildman–Crippen LogP) is 0.575. The number of nitrogens with one attached hydrogen (secondary N) is 5. The van der Waals surface area contributed by atoms with Gasteiger partial charge in [-0.05, 0) is 49.2 Å². The Labute approximate surface area is 408 Å². The van der Waals surface area contributed by atoms with Crippen molar-refractivity contribution in [2.24, 2.45) is 0 Å². The monoisotopic (exact) mass is 995 g/mol. The number of hydrogen-bond acceptors (Lipinski definition) is 14. The van der Waals surface area contributed by atoms with E-state index in [0.29, 0.717) is 28.7 Å². The fourth-order valence-electron chi connectivity index (χ4n) is 8.06. The summed E-state index contributed by atoms with van der Waals surface area (Å²) in [4.78, 5) is 152. The number of carboxylic acids is 3. The second-order valence-corrected chi connectivity index (χ2v) is 16.4. The largest absolute Gasteiger partial charge is 0.493 e. The van der Waals surface area contributed by atoms with Crippen LogP contribution < -0.4 is 36.1 Å². The van der Waals surface area contributed by atoms with Crippen LogP contribution in [0, 0.1) is 0 Å². The number of carbonyl (C=O) groups excluding carboxylic acids is 9. The van der Waals surface area contributed by atoms with Gasteiger partial charge in [-0.2, -0.15) is 0 Å². The molecule has 24 nitrogen and oxygen atoms in total. The van der Waals surface area contributed by atoms with Crippen LogP contribution in [0.4, 0.5) is 0 Å². The van der Waals surface area contributed by atoms with E-state index in [1.54, 1.807) is 30.3 Å². The third kappa shape index (κ3) is 12.6. The molecule has 0 unspecified atom stereocenters. The number of nitrogens with zero attached hydrogens (tertiary/aromatic N) is 2. The van der Waals surface area contributed by atoms with Crippen molar-refractivity contribution in [3.8, 4) is 11.5 Å². The summed E-state index contributed by atoms with van der Waals surface area (Å²) in [5, 5.41) is 40.8. The Bertz CT molecular complexity index is 2810. The topological polar surface area (TPSA) is 351 Å². The lowest BCUT2D eigenvalue weighted by Crippen LogP contribution is -2.50. The van der Waals surface area contributed by atoms with Crippen LogP contribution in [0.3, 0.4) is 0 Å². The van der Waals surface area contributed by atoms with E-state index in [1.165, 1.54) is 31.2 Å². The molecular weight excluding hydrogens is 947 g/mol. The van der Waals surface area contributed by atoms with Gasteiger partial charge >= 0.3 is 17.9 Å². The minimum atomic E-state index is -1.53. The molecule has 2 atom stereocenters. The molecule has 9 amide bonds. The van der Waals surface area contributed by atoms with Crippen LogP contribution in [0.5, 0.6) is 11.5 Å². The molecule has 24 heteroatoms. The number of hydrogen-bond donors (Lipinski definition) is 8. The number of fused-ring (bicyclic) bond motifs is 1. The smallest absolute Gasteiger partial charge is 0.322 e. The zero-order valence-corrected chi connectivity index (χ0v) is 38.6. The number of imide groups is 2. The third-order valence-corrected chi connectivity index (χ3v) is 11.3. The quantitative estimate of drug-likeness (QED) is 0.0315. The van der Waals surface area contributed by atoms with Gasteiger partial charge in [0.1, 0.15) is 30.1 Å². The second kappa shape index (κ2) is 23.6. The zero-order chi connectivity index (χ0) is 52.2. The molecule has 2 aliphatic heterocycles. The Morgan fingerprint density at radius 2 is 0.986 bits per heavy atom. The molecule has 0 saturated heterocycles. The summed E-state index contributed by atoms with van der Waals surface area (Å²) in [5.41, 5.74) is -0.0258. The van der Waals surface area contributed by atoms with Gasteiger partial charge in [-0.15, -0.1) is 0 Å². The average Bonchev–Trinajstić information content (AvgIpc) is 3.33. The molecule has 2 heterocycles. The molecule has 0 fully saturated rings. The van der Waals surface area contributed by atoms with Crippen molar-refractivity contribution in [3.05, 3.63) is 82.9 Å². The number of benzene rings is 4. The number of carbonyl (C=O) groups is 12. The molecule has 0 bridgehead atoms. The minimum Gasteiger partial charge on any atom is -0.493 e. The highest BCUT2D eigenvalue weighted by Crippen LogP contribution is 2.38. The Hall–Kier alpha value is -8.96. The number of amides is 9. The minimum absolute atomic E-state index is 0.00215. The molecule has 0 aliphatic carbocycles. The van der Waals surface area contributed by atoms with Gasteiger partial charge in [-0.3, -0.25) is 67.3 Å². The molecule has 0 radical (unpaired) electrons. The zero-order valence-electron chi connectivity index (χ0n) is 38.6. The average molecular weight is 996 g/mol. The van der Waals surface area contributed by atoms with E-state index in [2.05, 4.69) is 26.6 Å². The fourth-order valence-corrected chi connectivity index (χ4v) is 8.06. The van der Waals surface area contributed by atoms with Gasteiger partial charge in [0.2, 0.25) is 29.5 Å². The van der Waals surface area contributed by atoms with E-state index < -0.39 is 103 Å². The van der Waals surface area contributed by atoms with Gasteiger partial charge in [0, 0.05) is 89.7 Å². The SMILES string of the molecule is CC(=O)N[C@H](CC(=O)O)C(=O)NCCCOc1cccc2c(OCCCC(=O)N[C@@H](CC(=O)O)C(=O)NCCN3C(=O)c4ccc5c6c(ccc(c46)C3=O)C(=O)N(CCC(=O)NCC(=O)O)C5=O)cccc12. The van der Waals surface area contributed by atoms with E-state index in [1.807, 2.05) is 6.07 Å². The van der Waals surface area contributed by atoms with Crippen LogP contribution in [0.1, 0.15) is 86.9 Å². The molecule has 0 aromatic heterocycles. The van der Waals surface area contributed by atoms with E-state index in [9.17, 15) is 62.6 Å². The Balaban J connectivity index is 0.978. The second-order valence-electron chi connectivity index (χ2n) is 16.4. The third-order valence-electron chi connectivity index (χ3n) is 11.3. The van der Waals surface area contributed by atoms with Crippen molar-refractivity contribution >= 4 is 92.6 Å². The van der Waals surface area contributed by atoms with Crippen LogP contribution in [0.2, 0.25) is 0 Å². The molecule has 6 rings (SSSR count). The van der Waals surface area contributed by atoms with Crippen molar-refractivity contribution in [1.29, 1.82) is 0 Å². The van der Waals surface area contributed by atoms with Gasteiger partial charge in [0.15, 0.2) is 0 Å². The van der Waals surface area contributed by atoms with Crippen molar-refractivity contribution in [3.63, 3.8) is 0 Å². The lowest BCUT2D eigenvalue weighted by molar-refractivity contribution is -0.141. The normalized spacial score (nSPS) is 13.5. The summed E-state index contributed by atoms with van der Waals surface area (Å²) in [6.07, 6.45) is -1.38. The Kier molecular flexibility index (Phi) is 17.2. The Morgan fingerprint density at radius 1 is 0.528 bits per heavy atom. The summed E-state index contributed by atoms with van der Waals surface area (Å²) in [5.74, 6) is -9.55. The maximum Gasteiger partial charge on any atom is 0.322 e. The summed E-state index contributed by atoms with van der Waals surface area (Å²) in [6.45, 7) is -0.183. The van der Waals surface area contributed by atoms with Gasteiger partial charge < -0.3 is 51.4 Å². The maximum atomic E-state index is 13.7. The van der Waals surface area contributed by atoms with Crippen molar-refractivity contribution in [2.75, 3.05) is 45.9 Å². The summed E-state index contributed by atoms with van der Waals surface area (Å²) >= 11 is 0. The van der Waals surface area contributed by atoms with E-state index in [-0.39, 0.29) is 91.7 Å². The molecule has 8 N–H and O–H groups in total. The standard InChI is InChI=1S/C48H49N7O17/c1-25(56)52-32(22-38(59)60)43(65)49-16-5-21-72-35-9-3-6-26-27(35)7-2-8-34(26)71-20-4-10-37(58)53-33(23-39(61)62)44(66)50-17-19-55-47(69)30-13-11-28-41-29(12-14-31(42(30)41)48(55)70)46(68)54(45(28)67)18-15-36(57)51-24-40(63)64/h2-3,6-9,11-14,32-33H,4-5,10,15-24H2,1H3,(H,49,65)(H,50,66)(H,51,57)(H,52,56)(H,53,58)(H,59,60)(H,61,62)(H,63,64)/t32-,33+/m1/s1. The van der Waals surface area contributed by atoms with Crippen LogP contribution in [-0.4, -0.2) is 154 Å². The summed E-state index contributed by atoms with van der Waals surface area (Å²) < 4.78 is 11.9.